The maximum atomic E-state index is 14.0. The minimum Gasteiger partial charge on any atom is -0.502 e. The molecular formula is C25H25F2N3O6. The number of rotatable bonds is 10. The van der Waals surface area contributed by atoms with Crippen molar-refractivity contribution in [3.05, 3.63) is 87.2 Å². The van der Waals surface area contributed by atoms with Crippen molar-refractivity contribution in [2.24, 2.45) is 0 Å². The van der Waals surface area contributed by atoms with Gasteiger partial charge in [-0.3, -0.25) is 24.1 Å². The number of amides is 1. The number of carbonyl (C=O) groups excluding carboxylic acids is 2. The van der Waals surface area contributed by atoms with Gasteiger partial charge in [-0.1, -0.05) is 6.07 Å². The smallest absolute Gasteiger partial charge is 0.277 e. The number of hydrogen-bond donors (Lipinski definition) is 1. The number of carbonyl (C=O) groups is 2. The zero-order valence-electron chi connectivity index (χ0n) is 19.6. The van der Waals surface area contributed by atoms with E-state index < -0.39 is 34.5 Å². The molecule has 0 fully saturated rings. The first-order valence-corrected chi connectivity index (χ1v) is 11.4. The lowest BCUT2D eigenvalue weighted by atomic mass is 10.0. The second-order valence-electron chi connectivity index (χ2n) is 8.22. The van der Waals surface area contributed by atoms with Crippen molar-refractivity contribution in [1.29, 1.82) is 0 Å². The van der Waals surface area contributed by atoms with Crippen LogP contribution in [0.3, 0.4) is 0 Å². The number of fused-ring (bicyclic) bond motifs is 1. The third-order valence-corrected chi connectivity index (χ3v) is 5.86. The molecule has 0 unspecified atom stereocenters. The monoisotopic (exact) mass is 501 g/mol. The molecule has 0 spiro atoms. The summed E-state index contributed by atoms with van der Waals surface area (Å²) in [6.45, 7) is 3.03. The van der Waals surface area contributed by atoms with Crippen LogP contribution in [0.15, 0.2) is 52.0 Å². The van der Waals surface area contributed by atoms with Gasteiger partial charge in [0.25, 0.3) is 5.91 Å². The Balaban J connectivity index is 1.66. The highest BCUT2D eigenvalue weighted by molar-refractivity contribution is 6.00. The van der Waals surface area contributed by atoms with Crippen molar-refractivity contribution in [3.8, 4) is 5.75 Å². The van der Waals surface area contributed by atoms with E-state index in [1.807, 2.05) is 6.92 Å². The van der Waals surface area contributed by atoms with Crippen molar-refractivity contribution >= 4 is 11.7 Å². The fraction of sp³-hybridized carbons (Fsp3) is 0.320. The highest BCUT2D eigenvalue weighted by Gasteiger charge is 2.34. The largest absolute Gasteiger partial charge is 0.502 e. The lowest BCUT2D eigenvalue weighted by Gasteiger charge is -2.39. The number of Topliss-reactive ketones (excluding diaryl/α,β-unsaturated/α-hetero) is 1. The maximum Gasteiger partial charge on any atom is 0.277 e. The Labute approximate surface area is 205 Å². The van der Waals surface area contributed by atoms with Crippen molar-refractivity contribution in [2.75, 3.05) is 31.4 Å². The van der Waals surface area contributed by atoms with E-state index in [1.165, 1.54) is 28.1 Å². The number of aromatic nitrogens is 1. The predicted molar refractivity (Wildman–Crippen MR) is 124 cm³/mol. The standard InChI is InChI=1S/C25H25F2N3O6/c1-2-35-11-9-28-15-29(13-18-4-3-10-36-18)30-14-19(23(32)24(33)22(30)25(28)34)21(31)8-6-16-5-7-17(26)12-20(16)27/h3-5,7,10,12,14,33H,2,6,8-9,11,13,15H2,1H3. The summed E-state index contributed by atoms with van der Waals surface area (Å²) in [5.74, 6) is -3.08. The molecule has 1 aliphatic heterocycles. The molecule has 0 atom stereocenters. The number of hydrogen-bond acceptors (Lipinski definition) is 7. The molecular weight excluding hydrogens is 476 g/mol. The highest BCUT2D eigenvalue weighted by Crippen LogP contribution is 2.23. The molecule has 1 aliphatic rings. The van der Waals surface area contributed by atoms with Crippen LogP contribution < -0.4 is 10.4 Å². The minimum absolute atomic E-state index is 0.0762. The zero-order valence-corrected chi connectivity index (χ0v) is 19.6. The number of ketones is 1. The summed E-state index contributed by atoms with van der Waals surface area (Å²) in [6, 6.07) is 6.46. The molecule has 3 aromatic rings. The van der Waals surface area contributed by atoms with Gasteiger partial charge in [0.15, 0.2) is 17.2 Å². The zero-order chi connectivity index (χ0) is 25.8. The van der Waals surface area contributed by atoms with Gasteiger partial charge in [-0.25, -0.2) is 8.78 Å². The number of furan rings is 1. The Morgan fingerprint density at radius 1 is 1.22 bits per heavy atom. The summed E-state index contributed by atoms with van der Waals surface area (Å²) in [5, 5.41) is 12.4. The molecule has 36 heavy (non-hydrogen) atoms. The summed E-state index contributed by atoms with van der Waals surface area (Å²) >= 11 is 0. The van der Waals surface area contributed by atoms with E-state index in [1.54, 1.807) is 17.1 Å². The Hall–Kier alpha value is -3.99. The Morgan fingerprint density at radius 3 is 2.72 bits per heavy atom. The van der Waals surface area contributed by atoms with E-state index in [-0.39, 0.29) is 56.0 Å². The molecule has 0 saturated carbocycles. The second-order valence-corrected chi connectivity index (χ2v) is 8.22. The molecule has 0 radical (unpaired) electrons. The molecule has 0 aliphatic carbocycles. The van der Waals surface area contributed by atoms with Crippen LogP contribution in [0.2, 0.25) is 0 Å². The van der Waals surface area contributed by atoms with E-state index in [0.717, 1.165) is 12.1 Å². The van der Waals surface area contributed by atoms with E-state index in [4.69, 9.17) is 9.15 Å². The van der Waals surface area contributed by atoms with Gasteiger partial charge in [-0.15, -0.1) is 0 Å². The topological polar surface area (TPSA) is 105 Å². The third-order valence-electron chi connectivity index (χ3n) is 5.86. The van der Waals surface area contributed by atoms with Gasteiger partial charge < -0.3 is 19.2 Å². The molecule has 2 aromatic heterocycles. The van der Waals surface area contributed by atoms with Gasteiger partial charge in [-0.05, 0) is 37.1 Å². The lowest BCUT2D eigenvalue weighted by Crippen LogP contribution is -2.54. The van der Waals surface area contributed by atoms with Crippen LogP contribution in [0.4, 0.5) is 8.78 Å². The van der Waals surface area contributed by atoms with E-state index in [2.05, 4.69) is 0 Å². The molecule has 1 aromatic carbocycles. The Kier molecular flexibility index (Phi) is 7.49. The van der Waals surface area contributed by atoms with Gasteiger partial charge in [0.2, 0.25) is 5.43 Å². The molecule has 1 amide bonds. The van der Waals surface area contributed by atoms with Crippen LogP contribution in [0.25, 0.3) is 0 Å². The van der Waals surface area contributed by atoms with E-state index in [9.17, 15) is 28.3 Å². The van der Waals surface area contributed by atoms with Crippen LogP contribution >= 0.6 is 0 Å². The van der Waals surface area contributed by atoms with E-state index in [0.29, 0.717) is 12.4 Å². The summed E-state index contributed by atoms with van der Waals surface area (Å²) in [4.78, 5) is 40.4. The number of pyridine rings is 1. The lowest BCUT2D eigenvalue weighted by molar-refractivity contribution is 0.0580. The van der Waals surface area contributed by atoms with Gasteiger partial charge in [-0.2, -0.15) is 0 Å². The molecule has 1 N–H and O–H groups in total. The van der Waals surface area contributed by atoms with Gasteiger partial charge in [0.1, 0.15) is 24.1 Å². The van der Waals surface area contributed by atoms with Gasteiger partial charge in [0.05, 0.1) is 25.0 Å². The Bertz CT molecular complexity index is 1320. The van der Waals surface area contributed by atoms with Crippen molar-refractivity contribution in [3.63, 3.8) is 0 Å². The highest BCUT2D eigenvalue weighted by atomic mass is 19.1. The molecule has 4 rings (SSSR count). The quantitative estimate of drug-likeness (QED) is 0.336. The summed E-state index contributed by atoms with van der Waals surface area (Å²) < 4.78 is 39.2. The van der Waals surface area contributed by atoms with Crippen LogP contribution in [0.1, 0.15) is 45.5 Å². The predicted octanol–water partition coefficient (Wildman–Crippen LogP) is 2.83. The number of aromatic hydroxyl groups is 1. The van der Waals surface area contributed by atoms with Crippen molar-refractivity contribution < 1.29 is 32.6 Å². The number of ether oxygens (including phenoxy) is 1. The molecule has 0 saturated heterocycles. The molecule has 190 valence electrons. The fourth-order valence-electron chi connectivity index (χ4n) is 4.00. The van der Waals surface area contributed by atoms with Crippen LogP contribution in [-0.2, 0) is 17.7 Å². The molecule has 9 nitrogen and oxygen atoms in total. The average Bonchev–Trinajstić information content (AvgIpc) is 3.36. The van der Waals surface area contributed by atoms with Crippen molar-refractivity contribution in [1.82, 2.24) is 9.58 Å². The van der Waals surface area contributed by atoms with Crippen LogP contribution in [0.5, 0.6) is 5.75 Å². The van der Waals surface area contributed by atoms with Crippen LogP contribution in [-0.4, -0.2) is 52.8 Å². The first-order valence-electron chi connectivity index (χ1n) is 11.4. The van der Waals surface area contributed by atoms with Gasteiger partial charge in [0, 0.05) is 31.8 Å². The third kappa shape index (κ3) is 5.15. The SMILES string of the molecule is CCOCCN1CN(Cc2ccco2)n2cc(C(=O)CCc3ccc(F)cc3F)c(=O)c(O)c2C1=O. The number of halogens is 2. The number of aryl methyl sites for hydroxylation is 1. The van der Waals surface area contributed by atoms with Crippen molar-refractivity contribution in [2.45, 2.75) is 26.3 Å². The summed E-state index contributed by atoms with van der Waals surface area (Å²) in [6.07, 6.45) is 2.36. The first kappa shape index (κ1) is 25.1. The summed E-state index contributed by atoms with van der Waals surface area (Å²) in [5.41, 5.74) is -1.51. The Morgan fingerprint density at radius 2 is 2.03 bits per heavy atom. The number of benzene rings is 1. The normalized spacial score (nSPS) is 13.2. The van der Waals surface area contributed by atoms with E-state index >= 15 is 0 Å². The second kappa shape index (κ2) is 10.7. The maximum absolute atomic E-state index is 14.0. The molecule has 11 heteroatoms. The van der Waals surface area contributed by atoms with Gasteiger partial charge >= 0.3 is 0 Å². The first-order chi connectivity index (χ1) is 17.3. The summed E-state index contributed by atoms with van der Waals surface area (Å²) in [7, 11) is 0. The average molecular weight is 501 g/mol. The number of nitrogens with zero attached hydrogens (tertiary/aromatic N) is 3. The van der Waals surface area contributed by atoms with Crippen LogP contribution in [0, 0.1) is 11.6 Å². The molecule has 0 bridgehead atoms. The minimum atomic E-state index is -0.996. The fourth-order valence-corrected chi connectivity index (χ4v) is 4.00. The molecule has 3 heterocycles.